The third kappa shape index (κ3) is 4.60. The van der Waals surface area contributed by atoms with Gasteiger partial charge in [-0.3, -0.25) is 0 Å². The average Bonchev–Trinajstić information content (AvgIpc) is 3.48. The summed E-state index contributed by atoms with van der Waals surface area (Å²) in [5.74, 6) is 1.33. The lowest BCUT2D eigenvalue weighted by Crippen LogP contribution is -2.32. The first kappa shape index (κ1) is 22.3. The van der Waals surface area contributed by atoms with Gasteiger partial charge < -0.3 is 23.9 Å². The smallest absolute Gasteiger partial charge is 0.208 e. The van der Waals surface area contributed by atoms with Gasteiger partial charge >= 0.3 is 0 Å². The van der Waals surface area contributed by atoms with E-state index in [2.05, 4.69) is 15.1 Å². The molecule has 8 nitrogen and oxygen atoms in total. The molecule has 1 saturated heterocycles. The highest BCUT2D eigenvalue weighted by Gasteiger charge is 2.30. The molecule has 2 aliphatic rings. The summed E-state index contributed by atoms with van der Waals surface area (Å²) in [7, 11) is 0. The van der Waals surface area contributed by atoms with E-state index in [1.165, 1.54) is 6.33 Å². The predicted molar refractivity (Wildman–Crippen MR) is 125 cm³/mol. The van der Waals surface area contributed by atoms with Crippen LogP contribution in [0.4, 0.5) is 16.0 Å². The van der Waals surface area contributed by atoms with Crippen molar-refractivity contribution in [3.63, 3.8) is 0 Å². The molecule has 2 aliphatic heterocycles. The van der Waals surface area contributed by atoms with Crippen LogP contribution in [0, 0.1) is 5.82 Å². The molecule has 2 aromatic heterocycles. The summed E-state index contributed by atoms with van der Waals surface area (Å²) in [5.41, 5.74) is 3.00. The molecule has 9 heteroatoms. The number of carbonyl (C=O) groups is 1. The zero-order valence-corrected chi connectivity index (χ0v) is 19.4. The van der Waals surface area contributed by atoms with E-state index in [0.717, 1.165) is 29.0 Å². The van der Waals surface area contributed by atoms with Gasteiger partial charge in [-0.15, -0.1) is 0 Å². The number of halogens is 1. The molecule has 1 aromatic carbocycles. The maximum Gasteiger partial charge on any atom is 0.208 e. The van der Waals surface area contributed by atoms with Crippen molar-refractivity contribution in [3.8, 4) is 5.75 Å². The van der Waals surface area contributed by atoms with Gasteiger partial charge in [-0.2, -0.15) is 4.39 Å². The Morgan fingerprint density at radius 1 is 1.21 bits per heavy atom. The van der Waals surface area contributed by atoms with Gasteiger partial charge in [0.1, 0.15) is 30.2 Å². The highest BCUT2D eigenvalue weighted by atomic mass is 19.1. The Bertz CT molecular complexity index is 1170. The second kappa shape index (κ2) is 9.40. The molecule has 5 rings (SSSR count). The van der Waals surface area contributed by atoms with Crippen LogP contribution in [0.25, 0.3) is 0 Å². The molecule has 4 heterocycles. The number of hydrogen-bond donors (Lipinski definition) is 0. The normalized spacial score (nSPS) is 18.6. The van der Waals surface area contributed by atoms with E-state index < -0.39 is 5.82 Å². The molecule has 0 saturated carbocycles. The molecule has 0 radical (unpaired) electrons. The number of nitrogens with zero attached hydrogens (tertiary/aromatic N) is 5. The standard InChI is InChI=1S/C25H28FN5O3/c1-16(11-17(2)32)18-3-5-20(6-4-18)34-21-7-9-31(13-21)25-23(26)24(27-15-28-25)30-10-8-22-19(12-30)14-33-29-22/h3-6,14-16,21H,7-13H2,1-2H3/t16-,21-/m1/s1. The van der Waals surface area contributed by atoms with Gasteiger partial charge in [0.25, 0.3) is 0 Å². The minimum atomic E-state index is -0.410. The van der Waals surface area contributed by atoms with E-state index in [4.69, 9.17) is 9.26 Å². The zero-order valence-electron chi connectivity index (χ0n) is 19.4. The maximum atomic E-state index is 15.5. The third-order valence-corrected chi connectivity index (χ3v) is 6.55. The number of rotatable bonds is 7. The summed E-state index contributed by atoms with van der Waals surface area (Å²) in [5, 5.41) is 3.99. The quantitative estimate of drug-likeness (QED) is 0.519. The number of aromatic nitrogens is 3. The Kier molecular flexibility index (Phi) is 6.17. The Morgan fingerprint density at radius 2 is 1.97 bits per heavy atom. The van der Waals surface area contributed by atoms with Crippen molar-refractivity contribution in [1.82, 2.24) is 15.1 Å². The summed E-state index contributed by atoms with van der Waals surface area (Å²) >= 11 is 0. The monoisotopic (exact) mass is 465 g/mol. The van der Waals surface area contributed by atoms with Crippen LogP contribution in [-0.4, -0.2) is 46.6 Å². The molecule has 0 bridgehead atoms. The fourth-order valence-corrected chi connectivity index (χ4v) is 4.75. The lowest BCUT2D eigenvalue weighted by molar-refractivity contribution is -0.117. The van der Waals surface area contributed by atoms with Crippen molar-refractivity contribution >= 4 is 17.4 Å². The van der Waals surface area contributed by atoms with Crippen LogP contribution >= 0.6 is 0 Å². The van der Waals surface area contributed by atoms with Crippen LogP contribution in [0.2, 0.25) is 0 Å². The summed E-state index contributed by atoms with van der Waals surface area (Å²) in [6, 6.07) is 7.89. The van der Waals surface area contributed by atoms with Crippen LogP contribution in [0.15, 0.2) is 41.4 Å². The lowest BCUT2D eigenvalue weighted by Gasteiger charge is -2.28. The van der Waals surface area contributed by atoms with Crippen molar-refractivity contribution in [2.45, 2.75) is 51.7 Å². The van der Waals surface area contributed by atoms with Crippen molar-refractivity contribution in [3.05, 3.63) is 59.5 Å². The average molecular weight is 466 g/mol. The number of fused-ring (bicyclic) bond motifs is 1. The predicted octanol–water partition coefficient (Wildman–Crippen LogP) is 3.91. The molecule has 0 aliphatic carbocycles. The number of ether oxygens (including phenoxy) is 1. The van der Waals surface area contributed by atoms with Gasteiger partial charge in [-0.05, 0) is 30.5 Å². The molecule has 0 amide bonds. The molecular weight excluding hydrogens is 437 g/mol. The molecular formula is C25H28FN5O3. The van der Waals surface area contributed by atoms with Gasteiger partial charge in [0, 0.05) is 44.5 Å². The number of hydrogen-bond acceptors (Lipinski definition) is 8. The van der Waals surface area contributed by atoms with E-state index in [9.17, 15) is 4.79 Å². The second-order valence-electron chi connectivity index (χ2n) is 9.14. The second-order valence-corrected chi connectivity index (χ2v) is 9.14. The van der Waals surface area contributed by atoms with Gasteiger partial charge in [0.15, 0.2) is 11.6 Å². The first-order valence-corrected chi connectivity index (χ1v) is 11.7. The van der Waals surface area contributed by atoms with Crippen LogP contribution in [0.5, 0.6) is 5.75 Å². The number of ketones is 1. The van der Waals surface area contributed by atoms with Crippen LogP contribution in [0.1, 0.15) is 49.4 Å². The fraction of sp³-hybridized carbons (Fsp3) is 0.440. The highest BCUT2D eigenvalue weighted by Crippen LogP contribution is 2.31. The Hall–Kier alpha value is -3.49. The SMILES string of the molecule is CC(=O)C[C@@H](C)c1ccc(O[C@@H]2CCN(c3ncnc(N4CCc5nocc5C4)c3F)C2)cc1. The van der Waals surface area contributed by atoms with Gasteiger partial charge in [-0.25, -0.2) is 9.97 Å². The van der Waals surface area contributed by atoms with Gasteiger partial charge in [0.2, 0.25) is 5.82 Å². The van der Waals surface area contributed by atoms with Crippen molar-refractivity contribution in [1.29, 1.82) is 0 Å². The fourth-order valence-electron chi connectivity index (χ4n) is 4.75. The van der Waals surface area contributed by atoms with Crippen molar-refractivity contribution in [2.75, 3.05) is 29.4 Å². The van der Waals surface area contributed by atoms with Crippen LogP contribution in [0.3, 0.4) is 0 Å². The number of benzene rings is 1. The summed E-state index contributed by atoms with van der Waals surface area (Å²) in [4.78, 5) is 23.7. The number of anilines is 2. The number of carbonyl (C=O) groups excluding carboxylic acids is 1. The molecule has 1 fully saturated rings. The van der Waals surface area contributed by atoms with E-state index in [1.807, 2.05) is 41.0 Å². The van der Waals surface area contributed by atoms with E-state index in [-0.39, 0.29) is 17.8 Å². The first-order valence-electron chi connectivity index (χ1n) is 11.7. The molecule has 0 spiro atoms. The molecule has 2 atom stereocenters. The zero-order chi connectivity index (χ0) is 23.7. The lowest BCUT2D eigenvalue weighted by atomic mass is 9.96. The Balaban J connectivity index is 1.23. The molecule has 3 aromatic rings. The van der Waals surface area contributed by atoms with E-state index in [1.54, 1.807) is 13.2 Å². The maximum absolute atomic E-state index is 15.5. The van der Waals surface area contributed by atoms with Crippen molar-refractivity contribution < 1.29 is 18.4 Å². The van der Waals surface area contributed by atoms with Gasteiger partial charge in [0.05, 0.1) is 12.2 Å². The summed E-state index contributed by atoms with van der Waals surface area (Å²) in [6.07, 6.45) is 4.97. The number of Topliss-reactive ketones (excluding diaryl/α,β-unsaturated/α-hetero) is 1. The largest absolute Gasteiger partial charge is 0.489 e. The third-order valence-electron chi connectivity index (χ3n) is 6.55. The summed E-state index contributed by atoms with van der Waals surface area (Å²) < 4.78 is 26.7. The van der Waals surface area contributed by atoms with Crippen molar-refractivity contribution in [2.24, 2.45) is 0 Å². The Morgan fingerprint density at radius 3 is 2.74 bits per heavy atom. The van der Waals surface area contributed by atoms with E-state index in [0.29, 0.717) is 50.7 Å². The minimum absolute atomic E-state index is 0.0622. The molecule has 178 valence electrons. The molecule has 0 unspecified atom stereocenters. The summed E-state index contributed by atoms with van der Waals surface area (Å²) in [6.45, 7) is 6.00. The highest BCUT2D eigenvalue weighted by molar-refractivity contribution is 5.76. The minimum Gasteiger partial charge on any atom is -0.489 e. The molecule has 34 heavy (non-hydrogen) atoms. The first-order chi connectivity index (χ1) is 16.5. The van der Waals surface area contributed by atoms with Crippen LogP contribution in [-0.2, 0) is 17.8 Å². The molecule has 0 N–H and O–H groups in total. The Labute approximate surface area is 197 Å². The van der Waals surface area contributed by atoms with Gasteiger partial charge in [-0.1, -0.05) is 24.2 Å². The van der Waals surface area contributed by atoms with E-state index >= 15 is 4.39 Å². The topological polar surface area (TPSA) is 84.6 Å². The van der Waals surface area contributed by atoms with Crippen LogP contribution < -0.4 is 14.5 Å².